The molecule has 0 aromatic heterocycles. The first-order valence-corrected chi connectivity index (χ1v) is 7.79. The van der Waals surface area contributed by atoms with Crippen LogP contribution < -0.4 is 15.0 Å². The number of carbonyl (C=O) groups excluding carboxylic acids is 1. The van der Waals surface area contributed by atoms with Crippen molar-refractivity contribution in [1.29, 1.82) is 0 Å². The summed E-state index contributed by atoms with van der Waals surface area (Å²) >= 11 is 0. The van der Waals surface area contributed by atoms with Crippen molar-refractivity contribution in [3.63, 3.8) is 0 Å². The molecule has 0 aliphatic carbocycles. The molecule has 1 aromatic rings. The Balaban J connectivity index is 0.00000144. The van der Waals surface area contributed by atoms with Gasteiger partial charge >= 0.3 is 0 Å². The lowest BCUT2D eigenvalue weighted by Gasteiger charge is -2.37. The van der Waals surface area contributed by atoms with E-state index in [2.05, 4.69) is 10.2 Å². The molecule has 0 radical (unpaired) electrons. The average molecular weight is 380 g/mol. The number of benzene rings is 1. The quantitative estimate of drug-likeness (QED) is 0.872. The van der Waals surface area contributed by atoms with Gasteiger partial charge in [-0.3, -0.25) is 4.79 Å². The van der Waals surface area contributed by atoms with Gasteiger partial charge in [0.25, 0.3) is 0 Å². The van der Waals surface area contributed by atoms with Crippen molar-refractivity contribution in [1.82, 2.24) is 10.2 Å². The molecule has 2 aliphatic rings. The van der Waals surface area contributed by atoms with E-state index < -0.39 is 0 Å². The first-order valence-electron chi connectivity index (χ1n) is 7.79. The lowest BCUT2D eigenvalue weighted by atomic mass is 10.1. The second-order valence-electron chi connectivity index (χ2n) is 5.78. The zero-order chi connectivity index (χ0) is 15.5. The molecule has 136 valence electrons. The van der Waals surface area contributed by atoms with Gasteiger partial charge in [-0.2, -0.15) is 0 Å². The van der Waals surface area contributed by atoms with E-state index in [9.17, 15) is 9.18 Å². The molecule has 0 bridgehead atoms. The number of halogens is 3. The number of methoxy groups -OCH3 is 1. The summed E-state index contributed by atoms with van der Waals surface area (Å²) in [4.78, 5) is 16.5. The van der Waals surface area contributed by atoms with E-state index in [1.807, 2.05) is 4.90 Å². The van der Waals surface area contributed by atoms with E-state index in [0.717, 1.165) is 38.2 Å². The van der Waals surface area contributed by atoms with E-state index in [1.165, 1.54) is 12.1 Å². The molecule has 2 heterocycles. The number of amides is 1. The fraction of sp³-hybridized carbons (Fsp3) is 0.562. The van der Waals surface area contributed by atoms with Gasteiger partial charge in [0, 0.05) is 32.2 Å². The zero-order valence-corrected chi connectivity index (χ0v) is 15.3. The molecule has 0 saturated carbocycles. The summed E-state index contributed by atoms with van der Waals surface area (Å²) in [5.74, 6) is 0.446. The summed E-state index contributed by atoms with van der Waals surface area (Å²) < 4.78 is 18.5. The first kappa shape index (κ1) is 20.8. The molecule has 8 heteroatoms. The van der Waals surface area contributed by atoms with Gasteiger partial charge in [0.2, 0.25) is 5.91 Å². The average Bonchev–Trinajstić information content (AvgIpc) is 3.08. The van der Waals surface area contributed by atoms with E-state index >= 15 is 0 Å². The number of piperazine rings is 1. The van der Waals surface area contributed by atoms with Crippen molar-refractivity contribution < 1.29 is 13.9 Å². The van der Waals surface area contributed by atoms with Crippen molar-refractivity contribution >= 4 is 36.4 Å². The minimum Gasteiger partial charge on any atom is -0.494 e. The SMILES string of the molecule is COc1cc(F)ccc1N1CCN(C(=O)C2CCCN2)CC1.Cl.Cl. The molecule has 2 saturated heterocycles. The third kappa shape index (κ3) is 4.43. The Bertz CT molecular complexity index is 548. The van der Waals surface area contributed by atoms with E-state index in [1.54, 1.807) is 13.2 Å². The summed E-state index contributed by atoms with van der Waals surface area (Å²) in [5, 5.41) is 3.25. The smallest absolute Gasteiger partial charge is 0.239 e. The number of nitrogens with one attached hydrogen (secondary N) is 1. The fourth-order valence-electron chi connectivity index (χ4n) is 3.20. The summed E-state index contributed by atoms with van der Waals surface area (Å²) in [6, 6.07) is 4.57. The Morgan fingerprint density at radius 2 is 1.96 bits per heavy atom. The Morgan fingerprint density at radius 3 is 2.54 bits per heavy atom. The number of hydrogen-bond donors (Lipinski definition) is 1. The number of anilines is 1. The molecule has 1 atom stereocenters. The topological polar surface area (TPSA) is 44.8 Å². The highest BCUT2D eigenvalue weighted by Crippen LogP contribution is 2.29. The van der Waals surface area contributed by atoms with Crippen molar-refractivity contribution in [2.75, 3.05) is 44.7 Å². The maximum Gasteiger partial charge on any atom is 0.239 e. The number of rotatable bonds is 3. The van der Waals surface area contributed by atoms with Crippen LogP contribution in [0.2, 0.25) is 0 Å². The van der Waals surface area contributed by atoms with Crippen LogP contribution in [0.5, 0.6) is 5.75 Å². The highest BCUT2D eigenvalue weighted by Gasteiger charge is 2.29. The Kier molecular flexibility index (Phi) is 8.06. The minimum absolute atomic E-state index is 0. The van der Waals surface area contributed by atoms with Gasteiger partial charge in [-0.25, -0.2) is 4.39 Å². The zero-order valence-electron chi connectivity index (χ0n) is 13.7. The van der Waals surface area contributed by atoms with Crippen LogP contribution in [0.25, 0.3) is 0 Å². The Morgan fingerprint density at radius 1 is 1.25 bits per heavy atom. The van der Waals surface area contributed by atoms with E-state index in [4.69, 9.17) is 4.74 Å². The number of carbonyl (C=O) groups is 1. The molecule has 2 aliphatic heterocycles. The molecule has 1 N–H and O–H groups in total. The van der Waals surface area contributed by atoms with Crippen LogP contribution in [0.4, 0.5) is 10.1 Å². The Labute approximate surface area is 154 Å². The predicted octanol–water partition coefficient (Wildman–Crippen LogP) is 2.08. The molecular weight excluding hydrogens is 356 g/mol. The van der Waals surface area contributed by atoms with Gasteiger partial charge in [-0.15, -0.1) is 24.8 Å². The lowest BCUT2D eigenvalue weighted by molar-refractivity contribution is -0.133. The highest BCUT2D eigenvalue weighted by atomic mass is 35.5. The minimum atomic E-state index is -0.304. The summed E-state index contributed by atoms with van der Waals surface area (Å²) in [5.41, 5.74) is 0.884. The summed E-state index contributed by atoms with van der Waals surface area (Å²) in [7, 11) is 1.55. The van der Waals surface area contributed by atoms with Crippen molar-refractivity contribution in [2.45, 2.75) is 18.9 Å². The molecule has 5 nitrogen and oxygen atoms in total. The second-order valence-corrected chi connectivity index (χ2v) is 5.78. The monoisotopic (exact) mass is 379 g/mol. The van der Waals surface area contributed by atoms with Gasteiger partial charge in [0.05, 0.1) is 18.8 Å². The standard InChI is InChI=1S/C16H22FN3O2.2ClH/c1-22-15-11-12(17)4-5-14(15)19-7-9-20(10-8-19)16(21)13-3-2-6-18-13;;/h4-5,11,13,18H,2-3,6-10H2,1H3;2*1H. The van der Waals surface area contributed by atoms with Crippen LogP contribution in [-0.4, -0.2) is 56.7 Å². The first-order chi connectivity index (χ1) is 10.7. The van der Waals surface area contributed by atoms with Gasteiger partial charge in [-0.1, -0.05) is 0 Å². The van der Waals surface area contributed by atoms with Crippen molar-refractivity contribution in [3.05, 3.63) is 24.0 Å². The van der Waals surface area contributed by atoms with Crippen LogP contribution in [-0.2, 0) is 4.79 Å². The molecule has 1 aromatic carbocycles. The number of hydrogen-bond acceptors (Lipinski definition) is 4. The van der Waals surface area contributed by atoms with Gasteiger partial charge in [0.1, 0.15) is 11.6 Å². The molecule has 1 unspecified atom stereocenters. The third-order valence-electron chi connectivity index (χ3n) is 4.43. The molecule has 0 spiro atoms. The molecule has 1 amide bonds. The van der Waals surface area contributed by atoms with E-state index in [-0.39, 0.29) is 42.6 Å². The molecule has 3 rings (SSSR count). The number of ether oxygens (including phenoxy) is 1. The molecule has 2 fully saturated rings. The fourth-order valence-corrected chi connectivity index (χ4v) is 3.20. The maximum absolute atomic E-state index is 13.3. The molecular formula is C16H24Cl2FN3O2. The van der Waals surface area contributed by atoms with Gasteiger partial charge < -0.3 is 19.9 Å². The largest absolute Gasteiger partial charge is 0.494 e. The maximum atomic E-state index is 13.3. The molecule has 24 heavy (non-hydrogen) atoms. The highest BCUT2D eigenvalue weighted by molar-refractivity contribution is 5.85. The summed E-state index contributed by atoms with van der Waals surface area (Å²) in [6.07, 6.45) is 2.01. The number of nitrogens with zero attached hydrogens (tertiary/aromatic N) is 2. The van der Waals surface area contributed by atoms with Crippen LogP contribution in [0.1, 0.15) is 12.8 Å². The van der Waals surface area contributed by atoms with Gasteiger partial charge in [0.15, 0.2) is 0 Å². The van der Waals surface area contributed by atoms with Crippen molar-refractivity contribution in [2.24, 2.45) is 0 Å². The second kappa shape index (κ2) is 9.30. The van der Waals surface area contributed by atoms with Crippen LogP contribution in [0.15, 0.2) is 18.2 Å². The van der Waals surface area contributed by atoms with Crippen LogP contribution >= 0.6 is 24.8 Å². The van der Waals surface area contributed by atoms with Crippen LogP contribution in [0, 0.1) is 5.82 Å². The normalized spacial score (nSPS) is 20.2. The Hall–Kier alpha value is -1.24. The van der Waals surface area contributed by atoms with Crippen LogP contribution in [0.3, 0.4) is 0 Å². The third-order valence-corrected chi connectivity index (χ3v) is 4.43. The summed E-state index contributed by atoms with van der Waals surface area (Å²) in [6.45, 7) is 3.79. The van der Waals surface area contributed by atoms with Gasteiger partial charge in [-0.05, 0) is 31.5 Å². The predicted molar refractivity (Wildman–Crippen MR) is 97.3 cm³/mol. The van der Waals surface area contributed by atoms with Crippen molar-refractivity contribution in [3.8, 4) is 5.75 Å². The van der Waals surface area contributed by atoms with E-state index in [0.29, 0.717) is 18.8 Å². The lowest BCUT2D eigenvalue weighted by Crippen LogP contribution is -2.53.